The zero-order chi connectivity index (χ0) is 11.7. The van der Waals surface area contributed by atoms with Gasteiger partial charge in [-0.25, -0.2) is 0 Å². The van der Waals surface area contributed by atoms with Crippen molar-refractivity contribution in [3.8, 4) is 0 Å². The van der Waals surface area contributed by atoms with Gasteiger partial charge in [0.1, 0.15) is 0 Å². The third-order valence-electron chi connectivity index (χ3n) is 4.43. The predicted octanol–water partition coefficient (Wildman–Crippen LogP) is 1.79. The fourth-order valence-electron chi connectivity index (χ4n) is 3.21. The van der Waals surface area contributed by atoms with Gasteiger partial charge in [-0.3, -0.25) is 0 Å². The fraction of sp³-hybridized carbons (Fsp3) is 1.00. The minimum absolute atomic E-state index is 0.157. The van der Waals surface area contributed by atoms with Gasteiger partial charge >= 0.3 is 0 Å². The van der Waals surface area contributed by atoms with Crippen molar-refractivity contribution in [2.75, 3.05) is 24.7 Å². The Kier molecular flexibility index (Phi) is 3.67. The molecule has 1 saturated carbocycles. The molecule has 4 heteroatoms. The molecule has 2 N–H and O–H groups in total. The molecule has 17 heavy (non-hydrogen) atoms. The van der Waals surface area contributed by atoms with Crippen LogP contribution >= 0.6 is 11.8 Å². The molecule has 0 aromatic rings. The summed E-state index contributed by atoms with van der Waals surface area (Å²) in [6.45, 7) is 1.71. The lowest BCUT2D eigenvalue weighted by Gasteiger charge is -2.42. The van der Waals surface area contributed by atoms with Gasteiger partial charge in [-0.1, -0.05) is 0 Å². The first-order valence-corrected chi connectivity index (χ1v) is 8.02. The highest BCUT2D eigenvalue weighted by atomic mass is 32.2. The molecule has 0 aromatic heterocycles. The lowest BCUT2D eigenvalue weighted by molar-refractivity contribution is -0.155. The summed E-state index contributed by atoms with van der Waals surface area (Å²) >= 11 is 2.03. The fourth-order valence-corrected chi connectivity index (χ4v) is 4.59. The average Bonchev–Trinajstić information content (AvgIpc) is 2.71. The highest BCUT2D eigenvalue weighted by molar-refractivity contribution is 7.99. The lowest BCUT2D eigenvalue weighted by Crippen LogP contribution is -2.46. The first-order chi connectivity index (χ1) is 8.30. The molecule has 3 aliphatic rings. The highest BCUT2D eigenvalue weighted by Gasteiger charge is 2.42. The lowest BCUT2D eigenvalue weighted by atomic mass is 9.82. The minimum Gasteiger partial charge on any atom is -0.375 e. The summed E-state index contributed by atoms with van der Waals surface area (Å²) in [6.07, 6.45) is 6.68. The van der Waals surface area contributed by atoms with Crippen LogP contribution in [0.3, 0.4) is 0 Å². The van der Waals surface area contributed by atoms with E-state index in [2.05, 4.69) is 0 Å². The van der Waals surface area contributed by atoms with Crippen molar-refractivity contribution in [3.63, 3.8) is 0 Å². The Bertz CT molecular complexity index is 262. The molecular weight excluding hydrogens is 234 g/mol. The van der Waals surface area contributed by atoms with Crippen LogP contribution in [0.5, 0.6) is 0 Å². The van der Waals surface area contributed by atoms with Gasteiger partial charge in [-0.05, 0) is 43.9 Å². The molecule has 2 atom stereocenters. The Labute approximate surface area is 108 Å². The molecule has 3 nitrogen and oxygen atoms in total. The van der Waals surface area contributed by atoms with Crippen molar-refractivity contribution < 1.29 is 9.47 Å². The van der Waals surface area contributed by atoms with Crippen LogP contribution in [0.15, 0.2) is 0 Å². The molecule has 0 aromatic carbocycles. The molecule has 98 valence electrons. The SMILES string of the molecule is NCC1CC(OC2CCOC3(CCSC3)C2)C1. The van der Waals surface area contributed by atoms with Gasteiger partial charge in [0.15, 0.2) is 0 Å². The number of ether oxygens (including phenoxy) is 2. The van der Waals surface area contributed by atoms with Gasteiger partial charge in [0.25, 0.3) is 0 Å². The normalized spacial score (nSPS) is 46.1. The van der Waals surface area contributed by atoms with Gasteiger partial charge in [0, 0.05) is 18.8 Å². The molecular formula is C13H23NO2S. The molecule has 1 spiro atoms. The van der Waals surface area contributed by atoms with Crippen molar-refractivity contribution in [1.29, 1.82) is 0 Å². The molecule has 2 saturated heterocycles. The van der Waals surface area contributed by atoms with Gasteiger partial charge in [0.2, 0.25) is 0 Å². The molecule has 2 unspecified atom stereocenters. The molecule has 2 heterocycles. The Morgan fingerprint density at radius 3 is 2.94 bits per heavy atom. The Morgan fingerprint density at radius 2 is 2.24 bits per heavy atom. The molecule has 3 fully saturated rings. The average molecular weight is 257 g/mol. The molecule has 1 aliphatic carbocycles. The number of rotatable bonds is 3. The summed E-state index contributed by atoms with van der Waals surface area (Å²) in [4.78, 5) is 0. The van der Waals surface area contributed by atoms with E-state index in [4.69, 9.17) is 15.2 Å². The Balaban J connectivity index is 1.48. The van der Waals surface area contributed by atoms with Gasteiger partial charge in [-0.2, -0.15) is 11.8 Å². The van der Waals surface area contributed by atoms with Crippen molar-refractivity contribution in [3.05, 3.63) is 0 Å². The molecule has 0 amide bonds. The molecule has 2 aliphatic heterocycles. The van der Waals surface area contributed by atoms with Crippen molar-refractivity contribution in [2.24, 2.45) is 11.7 Å². The second-order valence-electron chi connectivity index (χ2n) is 5.78. The molecule has 0 radical (unpaired) electrons. The largest absolute Gasteiger partial charge is 0.375 e. The van der Waals surface area contributed by atoms with Crippen molar-refractivity contribution in [2.45, 2.75) is 49.9 Å². The summed E-state index contributed by atoms with van der Waals surface area (Å²) in [7, 11) is 0. The van der Waals surface area contributed by atoms with Gasteiger partial charge in [0.05, 0.1) is 17.8 Å². The summed E-state index contributed by atoms with van der Waals surface area (Å²) in [6, 6.07) is 0. The van der Waals surface area contributed by atoms with Crippen LogP contribution < -0.4 is 5.73 Å². The monoisotopic (exact) mass is 257 g/mol. The quantitative estimate of drug-likeness (QED) is 0.837. The highest BCUT2D eigenvalue weighted by Crippen LogP contribution is 2.40. The second kappa shape index (κ2) is 5.08. The van der Waals surface area contributed by atoms with Crippen molar-refractivity contribution >= 4 is 11.8 Å². The van der Waals surface area contributed by atoms with E-state index >= 15 is 0 Å². The van der Waals surface area contributed by atoms with E-state index in [0.717, 1.165) is 31.9 Å². The zero-order valence-corrected chi connectivity index (χ0v) is 11.2. The zero-order valence-electron chi connectivity index (χ0n) is 10.4. The number of thioether (sulfide) groups is 1. The van der Waals surface area contributed by atoms with E-state index in [0.29, 0.717) is 12.2 Å². The van der Waals surface area contributed by atoms with Crippen LogP contribution in [0, 0.1) is 5.92 Å². The molecule has 0 bridgehead atoms. The third-order valence-corrected chi connectivity index (χ3v) is 5.65. The van der Waals surface area contributed by atoms with Gasteiger partial charge in [-0.15, -0.1) is 0 Å². The summed E-state index contributed by atoms with van der Waals surface area (Å²) in [5.74, 6) is 3.14. The first-order valence-electron chi connectivity index (χ1n) is 6.87. The van der Waals surface area contributed by atoms with E-state index in [-0.39, 0.29) is 5.60 Å². The predicted molar refractivity (Wildman–Crippen MR) is 70.3 cm³/mol. The third kappa shape index (κ3) is 2.65. The standard InChI is InChI=1S/C13H23NO2S/c14-8-10-5-12(6-10)16-11-1-3-15-13(7-11)2-4-17-9-13/h10-12H,1-9,14H2. The van der Waals surface area contributed by atoms with Crippen LogP contribution in [0.4, 0.5) is 0 Å². The minimum atomic E-state index is 0.157. The van der Waals surface area contributed by atoms with E-state index < -0.39 is 0 Å². The second-order valence-corrected chi connectivity index (χ2v) is 6.89. The van der Waals surface area contributed by atoms with Crippen LogP contribution in [-0.4, -0.2) is 42.5 Å². The Morgan fingerprint density at radius 1 is 1.35 bits per heavy atom. The van der Waals surface area contributed by atoms with Crippen LogP contribution in [0.25, 0.3) is 0 Å². The number of nitrogens with two attached hydrogens (primary N) is 1. The van der Waals surface area contributed by atoms with Crippen LogP contribution in [-0.2, 0) is 9.47 Å². The van der Waals surface area contributed by atoms with Crippen molar-refractivity contribution in [1.82, 2.24) is 0 Å². The van der Waals surface area contributed by atoms with E-state index in [1.54, 1.807) is 0 Å². The number of hydrogen-bond donors (Lipinski definition) is 1. The van der Waals surface area contributed by atoms with E-state index in [1.165, 1.54) is 30.8 Å². The Hall–Kier alpha value is 0.230. The smallest absolute Gasteiger partial charge is 0.0805 e. The van der Waals surface area contributed by atoms with E-state index in [9.17, 15) is 0 Å². The van der Waals surface area contributed by atoms with E-state index in [1.807, 2.05) is 11.8 Å². The maximum Gasteiger partial charge on any atom is 0.0805 e. The number of hydrogen-bond acceptors (Lipinski definition) is 4. The summed E-state index contributed by atoms with van der Waals surface area (Å²) < 4.78 is 12.2. The van der Waals surface area contributed by atoms with Crippen LogP contribution in [0.2, 0.25) is 0 Å². The maximum atomic E-state index is 6.20. The topological polar surface area (TPSA) is 44.5 Å². The maximum absolute atomic E-state index is 6.20. The van der Waals surface area contributed by atoms with Crippen LogP contribution in [0.1, 0.15) is 32.1 Å². The first kappa shape index (κ1) is 12.3. The summed E-state index contributed by atoms with van der Waals surface area (Å²) in [5, 5.41) is 0. The molecule has 3 rings (SSSR count). The summed E-state index contributed by atoms with van der Waals surface area (Å²) in [5.41, 5.74) is 5.80. The van der Waals surface area contributed by atoms with Gasteiger partial charge < -0.3 is 15.2 Å².